The van der Waals surface area contributed by atoms with Gasteiger partial charge in [-0.3, -0.25) is 9.59 Å². The maximum Gasteiger partial charge on any atom is 0.271 e. The topological polar surface area (TPSA) is 107 Å². The Hall–Kier alpha value is -4.39. The van der Waals surface area contributed by atoms with Crippen LogP contribution in [0.15, 0.2) is 93.4 Å². The number of para-hydroxylation sites is 1. The summed E-state index contributed by atoms with van der Waals surface area (Å²) in [6.07, 6.45) is 2.95. The van der Waals surface area contributed by atoms with Gasteiger partial charge in [0.15, 0.2) is 5.43 Å². The number of hydrazone groups is 1. The SMILES string of the molecule is Nc1ccc(C(=O)N/N=C/c2ccc(OCc3coc4ccccc4c3=O)cc2)cc1. The average Bonchev–Trinajstić information content (AvgIpc) is 2.80. The molecule has 0 atom stereocenters. The van der Waals surface area contributed by atoms with Crippen molar-refractivity contribution >= 4 is 28.8 Å². The highest BCUT2D eigenvalue weighted by Gasteiger charge is 2.07. The van der Waals surface area contributed by atoms with Gasteiger partial charge in [-0.1, -0.05) is 12.1 Å². The number of nitrogen functional groups attached to an aromatic ring is 1. The third-order valence-electron chi connectivity index (χ3n) is 4.58. The van der Waals surface area contributed by atoms with Crippen molar-refractivity contribution in [3.63, 3.8) is 0 Å². The van der Waals surface area contributed by atoms with Crippen LogP contribution in [0.3, 0.4) is 0 Å². The third-order valence-corrected chi connectivity index (χ3v) is 4.58. The molecule has 4 rings (SSSR count). The Kier molecular flexibility index (Phi) is 5.75. The van der Waals surface area contributed by atoms with Gasteiger partial charge < -0.3 is 14.9 Å². The molecule has 7 nitrogen and oxygen atoms in total. The Balaban J connectivity index is 1.34. The lowest BCUT2D eigenvalue weighted by molar-refractivity contribution is 0.0955. The van der Waals surface area contributed by atoms with E-state index < -0.39 is 0 Å². The first-order chi connectivity index (χ1) is 15.1. The molecule has 0 radical (unpaired) electrons. The van der Waals surface area contributed by atoms with Gasteiger partial charge in [-0.05, 0) is 66.2 Å². The van der Waals surface area contributed by atoms with Gasteiger partial charge in [-0.2, -0.15) is 5.10 Å². The molecular weight excluding hydrogens is 394 g/mol. The van der Waals surface area contributed by atoms with Crippen LogP contribution < -0.4 is 21.3 Å². The number of hydrogen-bond acceptors (Lipinski definition) is 6. The molecule has 0 aliphatic rings. The van der Waals surface area contributed by atoms with Crippen molar-refractivity contribution in [2.75, 3.05) is 5.73 Å². The molecule has 4 aromatic rings. The zero-order chi connectivity index (χ0) is 21.6. The largest absolute Gasteiger partial charge is 0.489 e. The van der Waals surface area contributed by atoms with Crippen molar-refractivity contribution < 1.29 is 13.9 Å². The van der Waals surface area contributed by atoms with Gasteiger partial charge in [0.05, 0.1) is 17.2 Å². The van der Waals surface area contributed by atoms with E-state index in [0.29, 0.717) is 33.5 Å². The highest BCUT2D eigenvalue weighted by molar-refractivity contribution is 5.95. The Bertz CT molecular complexity index is 1290. The minimum absolute atomic E-state index is 0.0955. The average molecular weight is 413 g/mol. The van der Waals surface area contributed by atoms with Crippen LogP contribution in [0.4, 0.5) is 5.69 Å². The summed E-state index contributed by atoms with van der Waals surface area (Å²) >= 11 is 0. The van der Waals surface area contributed by atoms with E-state index in [1.54, 1.807) is 66.7 Å². The fourth-order valence-corrected chi connectivity index (χ4v) is 2.89. The number of benzene rings is 3. The van der Waals surface area contributed by atoms with E-state index in [9.17, 15) is 9.59 Å². The Morgan fingerprint density at radius 2 is 1.77 bits per heavy atom. The number of hydrogen-bond donors (Lipinski definition) is 2. The van der Waals surface area contributed by atoms with Crippen LogP contribution >= 0.6 is 0 Å². The zero-order valence-electron chi connectivity index (χ0n) is 16.4. The second-order valence-corrected chi connectivity index (χ2v) is 6.77. The van der Waals surface area contributed by atoms with E-state index in [0.717, 1.165) is 5.56 Å². The maximum atomic E-state index is 12.5. The van der Waals surface area contributed by atoms with Gasteiger partial charge in [0, 0.05) is 11.3 Å². The molecule has 1 aromatic heterocycles. The minimum atomic E-state index is -0.328. The van der Waals surface area contributed by atoms with Gasteiger partial charge in [-0.15, -0.1) is 0 Å². The van der Waals surface area contributed by atoms with Crippen LogP contribution in [0.5, 0.6) is 5.75 Å². The van der Waals surface area contributed by atoms with Crippen molar-refractivity contribution in [1.29, 1.82) is 0 Å². The molecule has 0 bridgehead atoms. The van der Waals surface area contributed by atoms with E-state index in [4.69, 9.17) is 14.9 Å². The molecular formula is C24H19N3O4. The number of rotatable bonds is 6. The highest BCUT2D eigenvalue weighted by Crippen LogP contribution is 2.15. The molecule has 3 aromatic carbocycles. The van der Waals surface area contributed by atoms with Crippen LogP contribution in [-0.4, -0.2) is 12.1 Å². The fourth-order valence-electron chi connectivity index (χ4n) is 2.89. The Morgan fingerprint density at radius 1 is 1.03 bits per heavy atom. The molecule has 3 N–H and O–H groups in total. The Morgan fingerprint density at radius 3 is 2.55 bits per heavy atom. The summed E-state index contributed by atoms with van der Waals surface area (Å²) in [5.74, 6) is 0.265. The highest BCUT2D eigenvalue weighted by atomic mass is 16.5. The van der Waals surface area contributed by atoms with Crippen molar-refractivity contribution in [2.45, 2.75) is 6.61 Å². The van der Waals surface area contributed by atoms with Crippen molar-refractivity contribution in [2.24, 2.45) is 5.10 Å². The molecule has 31 heavy (non-hydrogen) atoms. The molecule has 0 aliphatic heterocycles. The predicted octanol–water partition coefficient (Wildman–Crippen LogP) is 3.72. The summed E-state index contributed by atoms with van der Waals surface area (Å²) in [4.78, 5) is 24.5. The number of nitrogens with zero attached hydrogens (tertiary/aromatic N) is 1. The van der Waals surface area contributed by atoms with E-state index in [2.05, 4.69) is 10.5 Å². The van der Waals surface area contributed by atoms with Crippen LogP contribution in [0, 0.1) is 0 Å². The molecule has 0 saturated carbocycles. The van der Waals surface area contributed by atoms with E-state index >= 15 is 0 Å². The summed E-state index contributed by atoms with van der Waals surface area (Å²) in [6, 6.07) is 20.7. The first kappa shape index (κ1) is 19.9. The van der Waals surface area contributed by atoms with Crippen molar-refractivity contribution in [3.05, 3.63) is 106 Å². The third kappa shape index (κ3) is 4.79. The molecule has 1 heterocycles. The molecule has 154 valence electrons. The second-order valence-electron chi connectivity index (χ2n) is 6.77. The first-order valence-electron chi connectivity index (χ1n) is 9.51. The zero-order valence-corrected chi connectivity index (χ0v) is 16.4. The van der Waals surface area contributed by atoms with Gasteiger partial charge in [0.25, 0.3) is 5.91 Å². The number of anilines is 1. The van der Waals surface area contributed by atoms with E-state index in [1.807, 2.05) is 6.07 Å². The fraction of sp³-hybridized carbons (Fsp3) is 0.0417. The van der Waals surface area contributed by atoms with Crippen molar-refractivity contribution in [1.82, 2.24) is 5.43 Å². The number of nitrogens with two attached hydrogens (primary N) is 1. The molecule has 0 spiro atoms. The number of ether oxygens (including phenoxy) is 1. The quantitative estimate of drug-likeness (QED) is 0.285. The number of fused-ring (bicyclic) bond motifs is 1. The van der Waals surface area contributed by atoms with Crippen LogP contribution in [0.1, 0.15) is 21.5 Å². The molecule has 0 fully saturated rings. The maximum absolute atomic E-state index is 12.5. The lowest BCUT2D eigenvalue weighted by atomic mass is 10.2. The number of carbonyl (C=O) groups is 1. The summed E-state index contributed by atoms with van der Waals surface area (Å²) in [5.41, 5.74) is 10.8. The smallest absolute Gasteiger partial charge is 0.271 e. The monoisotopic (exact) mass is 413 g/mol. The van der Waals surface area contributed by atoms with Crippen LogP contribution in [0.25, 0.3) is 11.0 Å². The minimum Gasteiger partial charge on any atom is -0.489 e. The van der Waals surface area contributed by atoms with Gasteiger partial charge >= 0.3 is 0 Å². The van der Waals surface area contributed by atoms with Gasteiger partial charge in [-0.25, -0.2) is 5.43 Å². The normalized spacial score (nSPS) is 11.0. The summed E-state index contributed by atoms with van der Waals surface area (Å²) < 4.78 is 11.2. The number of nitrogens with one attached hydrogen (secondary N) is 1. The van der Waals surface area contributed by atoms with Crippen molar-refractivity contribution in [3.8, 4) is 5.75 Å². The molecule has 0 aliphatic carbocycles. The summed E-state index contributed by atoms with van der Waals surface area (Å²) in [5, 5.41) is 4.48. The van der Waals surface area contributed by atoms with E-state index in [1.165, 1.54) is 12.5 Å². The summed E-state index contributed by atoms with van der Waals surface area (Å²) in [6.45, 7) is 0.0955. The standard InChI is InChI=1S/C24H19N3O4/c25-19-9-7-17(8-10-19)24(29)27-26-13-16-5-11-20(12-6-16)30-14-18-15-31-22-4-2-1-3-21(22)23(18)28/h1-13,15H,14,25H2,(H,27,29)/b26-13+. The Labute approximate surface area is 177 Å². The lowest BCUT2D eigenvalue weighted by Crippen LogP contribution is -2.17. The lowest BCUT2D eigenvalue weighted by Gasteiger charge is -2.06. The van der Waals surface area contributed by atoms with Gasteiger partial charge in [0.2, 0.25) is 0 Å². The van der Waals surface area contributed by atoms with Crippen LogP contribution in [0.2, 0.25) is 0 Å². The van der Waals surface area contributed by atoms with E-state index in [-0.39, 0.29) is 17.9 Å². The van der Waals surface area contributed by atoms with Crippen LogP contribution in [-0.2, 0) is 6.61 Å². The first-order valence-corrected chi connectivity index (χ1v) is 9.51. The number of amides is 1. The summed E-state index contributed by atoms with van der Waals surface area (Å²) in [7, 11) is 0. The predicted molar refractivity (Wildman–Crippen MR) is 119 cm³/mol. The second kappa shape index (κ2) is 8.96. The molecule has 1 amide bonds. The molecule has 0 saturated heterocycles. The number of carbonyl (C=O) groups excluding carboxylic acids is 1. The molecule has 0 unspecified atom stereocenters. The van der Waals surface area contributed by atoms with Gasteiger partial charge in [0.1, 0.15) is 24.2 Å². The molecule has 7 heteroatoms.